The molecule has 1 aromatic heterocycles. The monoisotopic (exact) mass is 207 g/mol. The van der Waals surface area contributed by atoms with Crippen LogP contribution in [0.15, 0.2) is 18.3 Å². The standard InChI is InChI=1S/C10H13N3O2/c11-9(12)8-2-1-4-13-10(8)15-7-3-5-14-6-7/h1-2,4,7H,3,5-6H2,(H3,11,12). The van der Waals surface area contributed by atoms with Gasteiger partial charge >= 0.3 is 0 Å². The number of nitrogens with two attached hydrogens (primary N) is 1. The highest BCUT2D eigenvalue weighted by molar-refractivity contribution is 5.96. The average molecular weight is 207 g/mol. The van der Waals surface area contributed by atoms with E-state index in [1.54, 1.807) is 18.3 Å². The van der Waals surface area contributed by atoms with E-state index in [-0.39, 0.29) is 11.9 Å². The summed E-state index contributed by atoms with van der Waals surface area (Å²) >= 11 is 0. The second-order valence-corrected chi connectivity index (χ2v) is 3.37. The van der Waals surface area contributed by atoms with E-state index >= 15 is 0 Å². The van der Waals surface area contributed by atoms with Gasteiger partial charge in [0.2, 0.25) is 5.88 Å². The molecule has 0 aromatic carbocycles. The van der Waals surface area contributed by atoms with Gasteiger partial charge in [-0.3, -0.25) is 5.41 Å². The van der Waals surface area contributed by atoms with E-state index < -0.39 is 0 Å². The highest BCUT2D eigenvalue weighted by Crippen LogP contribution is 2.18. The lowest BCUT2D eigenvalue weighted by molar-refractivity contribution is 0.138. The average Bonchev–Trinajstić information content (AvgIpc) is 2.71. The van der Waals surface area contributed by atoms with Gasteiger partial charge in [-0.15, -0.1) is 0 Å². The second kappa shape index (κ2) is 4.27. The molecule has 1 unspecified atom stereocenters. The lowest BCUT2D eigenvalue weighted by atomic mass is 10.2. The number of amidine groups is 1. The minimum Gasteiger partial charge on any atom is -0.471 e. The number of rotatable bonds is 3. The van der Waals surface area contributed by atoms with Crippen molar-refractivity contribution in [2.24, 2.45) is 5.73 Å². The Labute approximate surface area is 87.7 Å². The van der Waals surface area contributed by atoms with Gasteiger partial charge in [-0.1, -0.05) is 0 Å². The van der Waals surface area contributed by atoms with Crippen molar-refractivity contribution in [3.63, 3.8) is 0 Å². The van der Waals surface area contributed by atoms with Crippen molar-refractivity contribution in [1.29, 1.82) is 5.41 Å². The minimum atomic E-state index is -0.0305. The molecule has 1 fully saturated rings. The Morgan fingerprint density at radius 3 is 3.20 bits per heavy atom. The number of hydrogen-bond acceptors (Lipinski definition) is 4. The van der Waals surface area contributed by atoms with E-state index in [2.05, 4.69) is 4.98 Å². The van der Waals surface area contributed by atoms with Crippen LogP contribution < -0.4 is 10.5 Å². The second-order valence-electron chi connectivity index (χ2n) is 3.37. The van der Waals surface area contributed by atoms with Crippen LogP contribution in [0, 0.1) is 5.41 Å². The number of nitrogens with one attached hydrogen (secondary N) is 1. The topological polar surface area (TPSA) is 81.2 Å². The van der Waals surface area contributed by atoms with Crippen molar-refractivity contribution in [1.82, 2.24) is 4.98 Å². The Kier molecular flexibility index (Phi) is 2.82. The maximum Gasteiger partial charge on any atom is 0.224 e. The highest BCUT2D eigenvalue weighted by atomic mass is 16.5. The van der Waals surface area contributed by atoms with Crippen molar-refractivity contribution in [3.8, 4) is 5.88 Å². The van der Waals surface area contributed by atoms with Crippen LogP contribution in [0.5, 0.6) is 5.88 Å². The number of ether oxygens (including phenoxy) is 2. The Balaban J connectivity index is 2.15. The van der Waals surface area contributed by atoms with Gasteiger partial charge in [0.15, 0.2) is 0 Å². The fraction of sp³-hybridized carbons (Fsp3) is 0.400. The normalized spacial score (nSPS) is 20.1. The van der Waals surface area contributed by atoms with Crippen LogP contribution in [0.2, 0.25) is 0 Å². The van der Waals surface area contributed by atoms with E-state index in [1.165, 1.54) is 0 Å². The van der Waals surface area contributed by atoms with Gasteiger partial charge in [-0.2, -0.15) is 0 Å². The van der Waals surface area contributed by atoms with Crippen LogP contribution in [0.4, 0.5) is 0 Å². The molecular weight excluding hydrogens is 194 g/mol. The number of pyridine rings is 1. The van der Waals surface area contributed by atoms with Crippen LogP contribution in [-0.2, 0) is 4.74 Å². The molecule has 1 saturated heterocycles. The Morgan fingerprint density at radius 2 is 2.53 bits per heavy atom. The number of hydrogen-bond donors (Lipinski definition) is 2. The van der Waals surface area contributed by atoms with Crippen molar-refractivity contribution < 1.29 is 9.47 Å². The number of nitrogens with zero attached hydrogens (tertiary/aromatic N) is 1. The molecule has 0 bridgehead atoms. The van der Waals surface area contributed by atoms with Crippen molar-refractivity contribution in [3.05, 3.63) is 23.9 Å². The van der Waals surface area contributed by atoms with Gasteiger partial charge < -0.3 is 15.2 Å². The fourth-order valence-electron chi connectivity index (χ4n) is 1.45. The van der Waals surface area contributed by atoms with Gasteiger partial charge in [0.25, 0.3) is 0 Å². The van der Waals surface area contributed by atoms with Gasteiger partial charge in [-0.05, 0) is 12.1 Å². The maximum absolute atomic E-state index is 7.38. The summed E-state index contributed by atoms with van der Waals surface area (Å²) < 4.78 is 10.8. The van der Waals surface area contributed by atoms with Crippen LogP contribution in [0.25, 0.3) is 0 Å². The van der Waals surface area contributed by atoms with Gasteiger partial charge in [0, 0.05) is 12.6 Å². The first-order valence-electron chi connectivity index (χ1n) is 4.81. The molecule has 0 saturated carbocycles. The van der Waals surface area contributed by atoms with Crippen molar-refractivity contribution >= 4 is 5.84 Å². The molecule has 5 nitrogen and oxygen atoms in total. The number of nitrogen functional groups attached to an aromatic ring is 1. The molecule has 0 amide bonds. The van der Waals surface area contributed by atoms with Crippen LogP contribution in [0.3, 0.4) is 0 Å². The summed E-state index contributed by atoms with van der Waals surface area (Å²) in [7, 11) is 0. The lowest BCUT2D eigenvalue weighted by Gasteiger charge is -2.13. The zero-order valence-electron chi connectivity index (χ0n) is 8.27. The predicted molar refractivity (Wildman–Crippen MR) is 55.1 cm³/mol. The molecule has 2 heterocycles. The SMILES string of the molecule is N=C(N)c1cccnc1OC1CCOC1. The molecule has 1 aliphatic rings. The summed E-state index contributed by atoms with van der Waals surface area (Å²) in [5.74, 6) is 0.387. The first-order chi connectivity index (χ1) is 7.27. The van der Waals surface area contributed by atoms with E-state index in [4.69, 9.17) is 20.6 Å². The molecule has 5 heteroatoms. The summed E-state index contributed by atoms with van der Waals surface area (Å²) in [6.07, 6.45) is 2.50. The summed E-state index contributed by atoms with van der Waals surface area (Å²) in [5, 5.41) is 7.38. The first-order valence-corrected chi connectivity index (χ1v) is 4.81. The van der Waals surface area contributed by atoms with E-state index in [1.807, 2.05) is 0 Å². The lowest BCUT2D eigenvalue weighted by Crippen LogP contribution is -2.20. The summed E-state index contributed by atoms with van der Waals surface area (Å²) in [5.41, 5.74) is 5.95. The van der Waals surface area contributed by atoms with E-state index in [9.17, 15) is 0 Å². The molecule has 80 valence electrons. The highest BCUT2D eigenvalue weighted by Gasteiger charge is 2.19. The van der Waals surface area contributed by atoms with Crippen molar-refractivity contribution in [2.75, 3.05) is 13.2 Å². The van der Waals surface area contributed by atoms with Crippen molar-refractivity contribution in [2.45, 2.75) is 12.5 Å². The quantitative estimate of drug-likeness (QED) is 0.559. The van der Waals surface area contributed by atoms with Crippen LogP contribution in [-0.4, -0.2) is 30.1 Å². The summed E-state index contributed by atoms with van der Waals surface area (Å²) in [6.45, 7) is 1.29. The van der Waals surface area contributed by atoms with Gasteiger partial charge in [-0.25, -0.2) is 4.98 Å². The zero-order chi connectivity index (χ0) is 10.7. The fourth-order valence-corrected chi connectivity index (χ4v) is 1.45. The van der Waals surface area contributed by atoms with Gasteiger partial charge in [0.1, 0.15) is 11.9 Å². The molecule has 1 aliphatic heterocycles. The minimum absolute atomic E-state index is 0.0259. The zero-order valence-corrected chi connectivity index (χ0v) is 8.27. The third-order valence-electron chi connectivity index (χ3n) is 2.23. The third kappa shape index (κ3) is 2.24. The largest absolute Gasteiger partial charge is 0.471 e. The summed E-state index contributed by atoms with van der Waals surface area (Å²) in [4.78, 5) is 4.06. The van der Waals surface area contributed by atoms with Gasteiger partial charge in [0.05, 0.1) is 18.8 Å². The molecule has 0 radical (unpaired) electrons. The molecule has 1 atom stereocenters. The molecule has 1 aromatic rings. The predicted octanol–water partition coefficient (Wildman–Crippen LogP) is 0.533. The Bertz CT molecular complexity index is 361. The third-order valence-corrected chi connectivity index (χ3v) is 2.23. The molecule has 2 rings (SSSR count). The van der Waals surface area contributed by atoms with Crippen LogP contribution >= 0.6 is 0 Å². The molecular formula is C10H13N3O2. The maximum atomic E-state index is 7.38. The summed E-state index contributed by atoms with van der Waals surface area (Å²) in [6, 6.07) is 3.45. The molecule has 0 spiro atoms. The molecule has 0 aliphatic carbocycles. The van der Waals surface area contributed by atoms with Crippen LogP contribution in [0.1, 0.15) is 12.0 Å². The molecule has 15 heavy (non-hydrogen) atoms. The Morgan fingerprint density at radius 1 is 1.67 bits per heavy atom. The smallest absolute Gasteiger partial charge is 0.224 e. The Hall–Kier alpha value is -1.62. The number of aromatic nitrogens is 1. The first kappa shape index (κ1) is 9.92. The van der Waals surface area contributed by atoms with E-state index in [0.29, 0.717) is 24.7 Å². The van der Waals surface area contributed by atoms with E-state index in [0.717, 1.165) is 6.42 Å². The molecule has 3 N–H and O–H groups in total.